The molecule has 0 bridgehead atoms. The Labute approximate surface area is 107 Å². The molecule has 0 saturated heterocycles. The molecule has 0 N–H and O–H groups in total. The standard InChI is InChI=1S/C10H12BrClN2O2/c1-3-9(12)6(2)10-8(11)4-7(5-13-10)14(15)16/h4-6,9H,3H2,1-2H3. The van der Waals surface area contributed by atoms with Gasteiger partial charge in [0.25, 0.3) is 5.69 Å². The van der Waals surface area contributed by atoms with Crippen molar-refractivity contribution in [3.05, 3.63) is 32.5 Å². The highest BCUT2D eigenvalue weighted by Crippen LogP contribution is 2.31. The Morgan fingerprint density at radius 2 is 2.31 bits per heavy atom. The second kappa shape index (κ2) is 5.59. The molecule has 0 aromatic carbocycles. The number of hydrogen-bond acceptors (Lipinski definition) is 3. The second-order valence-corrected chi connectivity index (χ2v) is 4.95. The van der Waals surface area contributed by atoms with Gasteiger partial charge in [0.1, 0.15) is 6.20 Å². The summed E-state index contributed by atoms with van der Waals surface area (Å²) in [4.78, 5) is 14.2. The van der Waals surface area contributed by atoms with Crippen LogP contribution in [0.15, 0.2) is 16.7 Å². The lowest BCUT2D eigenvalue weighted by Gasteiger charge is -2.16. The van der Waals surface area contributed by atoms with E-state index in [9.17, 15) is 10.1 Å². The summed E-state index contributed by atoms with van der Waals surface area (Å²) in [5.41, 5.74) is 0.734. The molecule has 0 aliphatic rings. The highest BCUT2D eigenvalue weighted by molar-refractivity contribution is 9.10. The van der Waals surface area contributed by atoms with Gasteiger partial charge >= 0.3 is 0 Å². The van der Waals surface area contributed by atoms with E-state index in [0.717, 1.165) is 12.1 Å². The molecular weight excluding hydrogens is 295 g/mol. The highest BCUT2D eigenvalue weighted by Gasteiger charge is 2.20. The fraction of sp³-hybridized carbons (Fsp3) is 0.500. The molecule has 1 rings (SSSR count). The van der Waals surface area contributed by atoms with E-state index in [1.165, 1.54) is 12.3 Å². The van der Waals surface area contributed by atoms with Crippen LogP contribution in [0.5, 0.6) is 0 Å². The zero-order valence-electron chi connectivity index (χ0n) is 8.98. The number of halogens is 2. The van der Waals surface area contributed by atoms with Crippen molar-refractivity contribution in [1.82, 2.24) is 4.98 Å². The molecule has 4 nitrogen and oxygen atoms in total. The van der Waals surface area contributed by atoms with Gasteiger partial charge in [0.2, 0.25) is 0 Å². The predicted molar refractivity (Wildman–Crippen MR) is 66.9 cm³/mol. The molecule has 1 aromatic rings. The van der Waals surface area contributed by atoms with Crippen molar-refractivity contribution in [2.24, 2.45) is 0 Å². The predicted octanol–water partition coefficient (Wildman–Crippen LogP) is 3.87. The third kappa shape index (κ3) is 2.92. The van der Waals surface area contributed by atoms with E-state index >= 15 is 0 Å². The second-order valence-electron chi connectivity index (χ2n) is 3.53. The van der Waals surface area contributed by atoms with Crippen molar-refractivity contribution in [3.8, 4) is 0 Å². The number of rotatable bonds is 4. The Balaban J connectivity index is 3.03. The summed E-state index contributed by atoms with van der Waals surface area (Å²) in [6.45, 7) is 3.95. The van der Waals surface area contributed by atoms with Crippen molar-refractivity contribution >= 4 is 33.2 Å². The first-order valence-corrected chi connectivity index (χ1v) is 6.14. The van der Waals surface area contributed by atoms with Crippen molar-refractivity contribution in [2.75, 3.05) is 0 Å². The Morgan fingerprint density at radius 1 is 1.69 bits per heavy atom. The molecule has 88 valence electrons. The SMILES string of the molecule is CCC(Cl)C(C)c1ncc([N+](=O)[O-])cc1Br. The zero-order chi connectivity index (χ0) is 12.3. The van der Waals surface area contributed by atoms with E-state index in [0.29, 0.717) is 4.47 Å². The fourth-order valence-electron chi connectivity index (χ4n) is 1.40. The van der Waals surface area contributed by atoms with Crippen LogP contribution in [-0.4, -0.2) is 15.3 Å². The number of alkyl halides is 1. The lowest BCUT2D eigenvalue weighted by molar-refractivity contribution is -0.385. The largest absolute Gasteiger partial charge is 0.288 e. The Hall–Kier alpha value is -0.680. The molecule has 0 aliphatic carbocycles. The molecule has 0 saturated carbocycles. The summed E-state index contributed by atoms with van der Waals surface area (Å²) in [5.74, 6) is 0.0573. The van der Waals surface area contributed by atoms with Crippen molar-refractivity contribution in [3.63, 3.8) is 0 Å². The van der Waals surface area contributed by atoms with Gasteiger partial charge in [0.15, 0.2) is 0 Å². The minimum Gasteiger partial charge on any atom is -0.258 e. The number of aromatic nitrogens is 1. The summed E-state index contributed by atoms with van der Waals surface area (Å²) in [7, 11) is 0. The van der Waals surface area contributed by atoms with E-state index in [1.807, 2.05) is 13.8 Å². The summed E-state index contributed by atoms with van der Waals surface area (Å²) in [6, 6.07) is 1.46. The van der Waals surface area contributed by atoms with Crippen LogP contribution < -0.4 is 0 Å². The molecule has 0 fully saturated rings. The molecule has 1 aromatic heterocycles. The minimum absolute atomic E-state index is 0.0227. The first-order chi connectivity index (χ1) is 7.47. The van der Waals surface area contributed by atoms with Crippen LogP contribution >= 0.6 is 27.5 Å². The summed E-state index contributed by atoms with van der Waals surface area (Å²) in [6.07, 6.45) is 2.09. The van der Waals surface area contributed by atoms with Gasteiger partial charge in [-0.3, -0.25) is 15.1 Å². The van der Waals surface area contributed by atoms with Crippen molar-refractivity contribution in [1.29, 1.82) is 0 Å². The fourth-order valence-corrected chi connectivity index (χ4v) is 2.22. The Morgan fingerprint density at radius 3 is 2.75 bits per heavy atom. The molecule has 1 heterocycles. The maximum absolute atomic E-state index is 10.5. The summed E-state index contributed by atoms with van der Waals surface area (Å²) >= 11 is 9.42. The maximum atomic E-state index is 10.5. The zero-order valence-corrected chi connectivity index (χ0v) is 11.3. The van der Waals surface area contributed by atoms with Gasteiger partial charge in [0.05, 0.1) is 10.6 Å². The van der Waals surface area contributed by atoms with Crippen molar-refractivity contribution in [2.45, 2.75) is 31.6 Å². The molecule has 0 amide bonds. The third-order valence-electron chi connectivity index (χ3n) is 2.43. The van der Waals surface area contributed by atoms with E-state index in [4.69, 9.17) is 11.6 Å². The van der Waals surface area contributed by atoms with Gasteiger partial charge in [-0.1, -0.05) is 13.8 Å². The van der Waals surface area contributed by atoms with Gasteiger partial charge in [-0.05, 0) is 22.4 Å². The quantitative estimate of drug-likeness (QED) is 0.482. The lowest BCUT2D eigenvalue weighted by atomic mass is 10.0. The summed E-state index contributed by atoms with van der Waals surface area (Å²) < 4.78 is 0.633. The molecule has 2 atom stereocenters. The number of hydrogen-bond donors (Lipinski definition) is 0. The van der Waals surface area contributed by atoms with Crippen LogP contribution in [0.4, 0.5) is 5.69 Å². The molecule has 0 spiro atoms. The first-order valence-electron chi connectivity index (χ1n) is 4.91. The van der Waals surface area contributed by atoms with E-state index < -0.39 is 4.92 Å². The van der Waals surface area contributed by atoms with Crippen LogP contribution in [0.1, 0.15) is 31.9 Å². The molecular formula is C10H12BrClN2O2. The number of pyridine rings is 1. The average molecular weight is 308 g/mol. The van der Waals surface area contributed by atoms with Gasteiger partial charge in [-0.15, -0.1) is 11.6 Å². The summed E-state index contributed by atoms with van der Waals surface area (Å²) in [5, 5.41) is 10.5. The van der Waals surface area contributed by atoms with Crippen molar-refractivity contribution < 1.29 is 4.92 Å². The minimum atomic E-state index is -0.468. The smallest absolute Gasteiger partial charge is 0.258 e. The Kier molecular flexibility index (Phi) is 4.68. The first kappa shape index (κ1) is 13.4. The van der Waals surface area contributed by atoms with Crippen LogP contribution in [0.2, 0.25) is 0 Å². The molecule has 0 aliphatic heterocycles. The highest BCUT2D eigenvalue weighted by atomic mass is 79.9. The topological polar surface area (TPSA) is 56.0 Å². The van der Waals surface area contributed by atoms with Gasteiger partial charge in [-0.2, -0.15) is 0 Å². The third-order valence-corrected chi connectivity index (χ3v) is 3.75. The molecule has 16 heavy (non-hydrogen) atoms. The van der Waals surface area contributed by atoms with Crippen LogP contribution in [-0.2, 0) is 0 Å². The van der Waals surface area contributed by atoms with Gasteiger partial charge in [0, 0.05) is 21.8 Å². The van der Waals surface area contributed by atoms with E-state index in [2.05, 4.69) is 20.9 Å². The number of nitrogens with zero attached hydrogens (tertiary/aromatic N) is 2. The monoisotopic (exact) mass is 306 g/mol. The molecule has 0 radical (unpaired) electrons. The maximum Gasteiger partial charge on any atom is 0.288 e. The Bertz CT molecular complexity index is 400. The van der Waals surface area contributed by atoms with Crippen LogP contribution in [0.3, 0.4) is 0 Å². The molecule has 6 heteroatoms. The van der Waals surface area contributed by atoms with E-state index in [-0.39, 0.29) is 17.0 Å². The van der Waals surface area contributed by atoms with Crippen LogP contribution in [0.25, 0.3) is 0 Å². The normalized spacial score (nSPS) is 14.5. The van der Waals surface area contributed by atoms with Gasteiger partial charge in [-0.25, -0.2) is 0 Å². The average Bonchev–Trinajstić information content (AvgIpc) is 2.26. The van der Waals surface area contributed by atoms with Gasteiger partial charge < -0.3 is 0 Å². The van der Waals surface area contributed by atoms with Crippen LogP contribution in [0, 0.1) is 10.1 Å². The molecule has 2 unspecified atom stereocenters. The number of nitro groups is 1. The lowest BCUT2D eigenvalue weighted by Crippen LogP contribution is -2.11. The van der Waals surface area contributed by atoms with E-state index in [1.54, 1.807) is 0 Å².